The van der Waals surface area contributed by atoms with Gasteiger partial charge in [-0.3, -0.25) is 4.79 Å². The molecule has 0 saturated carbocycles. The first-order valence-corrected chi connectivity index (χ1v) is 7.96. The van der Waals surface area contributed by atoms with Crippen molar-refractivity contribution in [2.45, 2.75) is 64.2 Å². The topological polar surface area (TPSA) is 58.6 Å². The van der Waals surface area contributed by atoms with Crippen molar-refractivity contribution >= 4 is 5.97 Å². The fourth-order valence-corrected chi connectivity index (χ4v) is 2.90. The largest absolute Gasteiger partial charge is 0.460 e. The lowest BCUT2D eigenvalue weighted by molar-refractivity contribution is -0.155. The first-order valence-electron chi connectivity index (χ1n) is 7.96. The van der Waals surface area contributed by atoms with E-state index in [-0.39, 0.29) is 12.0 Å². The van der Waals surface area contributed by atoms with Crippen LogP contribution in [0.1, 0.15) is 51.7 Å². The number of aryl methyl sites for hydroxylation is 1. The number of esters is 1. The smallest absolute Gasteiger partial charge is 0.307 e. The minimum Gasteiger partial charge on any atom is -0.460 e. The van der Waals surface area contributed by atoms with Gasteiger partial charge in [-0.15, -0.1) is 0 Å². The number of carbonyl (C=O) groups is 1. The molecule has 0 aromatic heterocycles. The van der Waals surface area contributed by atoms with E-state index in [1.54, 1.807) is 0 Å². The van der Waals surface area contributed by atoms with Crippen molar-refractivity contribution in [3.8, 4) is 0 Å². The summed E-state index contributed by atoms with van der Waals surface area (Å²) < 4.78 is 5.32. The Morgan fingerprint density at radius 3 is 2.77 bits per heavy atom. The van der Waals surface area contributed by atoms with Crippen molar-refractivity contribution in [2.24, 2.45) is 0 Å². The molecule has 0 bridgehead atoms. The lowest BCUT2D eigenvalue weighted by atomic mass is 9.95. The molecule has 0 saturated heterocycles. The minimum atomic E-state index is -0.835. The van der Waals surface area contributed by atoms with E-state index in [1.807, 2.05) is 45.9 Å². The minimum absolute atomic E-state index is 0.0355. The maximum Gasteiger partial charge on any atom is 0.307 e. The molecule has 0 fully saturated rings. The molecule has 0 radical (unpaired) electrons. The summed E-state index contributed by atoms with van der Waals surface area (Å²) in [6.45, 7) is 7.98. The summed E-state index contributed by atoms with van der Waals surface area (Å²) in [6, 6.07) is 7.98. The Balaban J connectivity index is 1.87. The highest BCUT2D eigenvalue weighted by Gasteiger charge is 2.36. The maximum absolute atomic E-state index is 11.8. The molecule has 4 heteroatoms. The second kappa shape index (κ2) is 6.39. The van der Waals surface area contributed by atoms with Crippen LogP contribution >= 0.6 is 0 Å². The Hall–Kier alpha value is -1.39. The van der Waals surface area contributed by atoms with E-state index < -0.39 is 11.2 Å². The predicted molar refractivity (Wildman–Crippen MR) is 86.6 cm³/mol. The number of rotatable bonds is 5. The number of ether oxygens (including phenoxy) is 1. The van der Waals surface area contributed by atoms with Crippen LogP contribution in [-0.4, -0.2) is 29.3 Å². The van der Waals surface area contributed by atoms with Gasteiger partial charge in [-0.05, 0) is 51.7 Å². The molecule has 1 aliphatic carbocycles. The SMILES string of the molecule is CC(CC(=O)OC(C)(C)C)NCC1(O)CCc2ccccc21. The van der Waals surface area contributed by atoms with Gasteiger partial charge in [-0.25, -0.2) is 0 Å². The Morgan fingerprint density at radius 2 is 2.09 bits per heavy atom. The van der Waals surface area contributed by atoms with Gasteiger partial charge in [0.05, 0.1) is 6.42 Å². The lowest BCUT2D eigenvalue weighted by Gasteiger charge is -2.27. The van der Waals surface area contributed by atoms with Crippen LogP contribution in [0.4, 0.5) is 0 Å². The molecule has 2 atom stereocenters. The highest BCUT2D eigenvalue weighted by molar-refractivity contribution is 5.70. The van der Waals surface area contributed by atoms with Crippen molar-refractivity contribution in [3.05, 3.63) is 35.4 Å². The summed E-state index contributed by atoms with van der Waals surface area (Å²) in [5.41, 5.74) is 0.927. The normalized spacial score (nSPS) is 22.2. The number of fused-ring (bicyclic) bond motifs is 1. The van der Waals surface area contributed by atoms with Crippen LogP contribution < -0.4 is 5.32 Å². The molecule has 22 heavy (non-hydrogen) atoms. The van der Waals surface area contributed by atoms with Crippen molar-refractivity contribution in [2.75, 3.05) is 6.54 Å². The molecule has 0 heterocycles. The van der Waals surface area contributed by atoms with Gasteiger partial charge < -0.3 is 15.2 Å². The van der Waals surface area contributed by atoms with Crippen LogP contribution in [0, 0.1) is 0 Å². The van der Waals surface area contributed by atoms with E-state index in [1.165, 1.54) is 5.56 Å². The molecule has 1 aromatic rings. The Kier molecular flexibility index (Phi) is 4.93. The van der Waals surface area contributed by atoms with Gasteiger partial charge in [0.1, 0.15) is 11.2 Å². The number of nitrogens with one attached hydrogen (secondary N) is 1. The van der Waals surface area contributed by atoms with Gasteiger partial charge in [0, 0.05) is 12.6 Å². The van der Waals surface area contributed by atoms with Gasteiger partial charge in [0.2, 0.25) is 0 Å². The van der Waals surface area contributed by atoms with E-state index >= 15 is 0 Å². The monoisotopic (exact) mass is 305 g/mol. The zero-order valence-electron chi connectivity index (χ0n) is 14.0. The molecule has 0 aliphatic heterocycles. The molecule has 0 amide bonds. The second-order valence-corrected chi connectivity index (χ2v) is 7.26. The average molecular weight is 305 g/mol. The van der Waals surface area contributed by atoms with Gasteiger partial charge in [0.15, 0.2) is 0 Å². The van der Waals surface area contributed by atoms with Gasteiger partial charge >= 0.3 is 5.97 Å². The highest BCUT2D eigenvalue weighted by atomic mass is 16.6. The number of hydrogen-bond donors (Lipinski definition) is 2. The van der Waals surface area contributed by atoms with Crippen molar-refractivity contribution < 1.29 is 14.6 Å². The van der Waals surface area contributed by atoms with Crippen LogP contribution in [0.15, 0.2) is 24.3 Å². The molecule has 1 aliphatic rings. The zero-order valence-corrected chi connectivity index (χ0v) is 14.0. The number of carbonyl (C=O) groups excluding carboxylic acids is 1. The van der Waals surface area contributed by atoms with E-state index in [0.717, 1.165) is 18.4 Å². The molecule has 2 N–H and O–H groups in total. The Bertz CT molecular complexity index is 535. The number of hydrogen-bond acceptors (Lipinski definition) is 4. The van der Waals surface area contributed by atoms with Crippen molar-refractivity contribution in [1.82, 2.24) is 5.32 Å². The fourth-order valence-electron chi connectivity index (χ4n) is 2.90. The molecule has 0 spiro atoms. The maximum atomic E-state index is 11.8. The molecule has 4 nitrogen and oxygen atoms in total. The second-order valence-electron chi connectivity index (χ2n) is 7.26. The van der Waals surface area contributed by atoms with Crippen molar-refractivity contribution in [3.63, 3.8) is 0 Å². The van der Waals surface area contributed by atoms with Crippen LogP contribution in [0.25, 0.3) is 0 Å². The third-order valence-electron chi connectivity index (χ3n) is 3.96. The van der Waals surface area contributed by atoms with Crippen molar-refractivity contribution in [1.29, 1.82) is 0 Å². The molecule has 2 rings (SSSR count). The highest BCUT2D eigenvalue weighted by Crippen LogP contribution is 2.36. The summed E-state index contributed by atoms with van der Waals surface area (Å²) >= 11 is 0. The standard InChI is InChI=1S/C18H27NO3/c1-13(11-16(20)22-17(2,3)4)19-12-18(21)10-9-14-7-5-6-8-15(14)18/h5-8,13,19,21H,9-12H2,1-4H3. The number of aliphatic hydroxyl groups is 1. The first-order chi connectivity index (χ1) is 10.2. The lowest BCUT2D eigenvalue weighted by Crippen LogP contribution is -2.41. The van der Waals surface area contributed by atoms with Crippen LogP contribution in [0.5, 0.6) is 0 Å². The molecular weight excluding hydrogens is 278 g/mol. The zero-order chi connectivity index (χ0) is 16.4. The van der Waals surface area contributed by atoms with E-state index in [4.69, 9.17) is 4.74 Å². The van der Waals surface area contributed by atoms with Gasteiger partial charge in [-0.2, -0.15) is 0 Å². The molecule has 122 valence electrons. The molecule has 1 aromatic carbocycles. The summed E-state index contributed by atoms with van der Waals surface area (Å²) in [4.78, 5) is 11.8. The third kappa shape index (κ3) is 4.31. The molecule has 2 unspecified atom stereocenters. The van der Waals surface area contributed by atoms with Crippen LogP contribution in [0.2, 0.25) is 0 Å². The first kappa shape index (κ1) is 17.0. The van der Waals surface area contributed by atoms with E-state index in [2.05, 4.69) is 11.4 Å². The van der Waals surface area contributed by atoms with E-state index in [9.17, 15) is 9.90 Å². The summed E-state index contributed by atoms with van der Waals surface area (Å²) in [5.74, 6) is -0.216. The Morgan fingerprint density at radius 1 is 1.41 bits per heavy atom. The summed E-state index contributed by atoms with van der Waals surface area (Å²) in [6.07, 6.45) is 1.92. The Labute approximate surface area is 132 Å². The summed E-state index contributed by atoms with van der Waals surface area (Å²) in [5, 5.41) is 14.1. The van der Waals surface area contributed by atoms with E-state index in [0.29, 0.717) is 13.0 Å². The van der Waals surface area contributed by atoms with Gasteiger partial charge in [-0.1, -0.05) is 24.3 Å². The van der Waals surface area contributed by atoms with Crippen LogP contribution in [0.3, 0.4) is 0 Å². The average Bonchev–Trinajstić information content (AvgIpc) is 2.73. The molecular formula is C18H27NO3. The summed E-state index contributed by atoms with van der Waals surface area (Å²) in [7, 11) is 0. The quantitative estimate of drug-likeness (QED) is 0.821. The fraction of sp³-hybridized carbons (Fsp3) is 0.611. The third-order valence-corrected chi connectivity index (χ3v) is 3.96. The predicted octanol–water partition coefficient (Wildman–Crippen LogP) is 2.53. The number of benzene rings is 1. The van der Waals surface area contributed by atoms with Crippen LogP contribution in [-0.2, 0) is 21.6 Å². The van der Waals surface area contributed by atoms with Gasteiger partial charge in [0.25, 0.3) is 0 Å².